The first kappa shape index (κ1) is 20.9. The van der Waals surface area contributed by atoms with Crippen LogP contribution in [0.3, 0.4) is 0 Å². The van der Waals surface area contributed by atoms with Crippen molar-refractivity contribution in [2.75, 3.05) is 44.3 Å². The summed E-state index contributed by atoms with van der Waals surface area (Å²) in [6.45, 7) is 10.6. The predicted octanol–water partition coefficient (Wildman–Crippen LogP) is 2.30. The van der Waals surface area contributed by atoms with E-state index < -0.39 is 0 Å². The van der Waals surface area contributed by atoms with Crippen molar-refractivity contribution in [2.45, 2.75) is 33.4 Å². The van der Waals surface area contributed by atoms with E-state index in [-0.39, 0.29) is 17.4 Å². The van der Waals surface area contributed by atoms with Crippen molar-refractivity contribution >= 4 is 17.4 Å². The molecule has 3 aliphatic heterocycles. The van der Waals surface area contributed by atoms with Gasteiger partial charge in [-0.2, -0.15) is 0 Å². The van der Waals surface area contributed by atoms with Crippen LogP contribution < -0.4 is 9.64 Å². The molecule has 3 aliphatic rings. The van der Waals surface area contributed by atoms with E-state index in [1.54, 1.807) is 0 Å². The summed E-state index contributed by atoms with van der Waals surface area (Å²) in [4.78, 5) is 30.7. The highest BCUT2D eigenvalue weighted by molar-refractivity contribution is 6.15. The molecule has 0 bridgehead atoms. The number of amides is 1. The minimum atomic E-state index is -0.346. The summed E-state index contributed by atoms with van der Waals surface area (Å²) in [6.07, 6.45) is 3.76. The van der Waals surface area contributed by atoms with Crippen LogP contribution in [-0.2, 0) is 16.1 Å². The zero-order valence-corrected chi connectivity index (χ0v) is 18.9. The summed E-state index contributed by atoms with van der Waals surface area (Å²) in [5.41, 5.74) is 3.81. The van der Waals surface area contributed by atoms with Crippen molar-refractivity contribution < 1.29 is 14.3 Å². The lowest BCUT2D eigenvalue weighted by Crippen LogP contribution is -2.58. The van der Waals surface area contributed by atoms with Gasteiger partial charge in [-0.15, -0.1) is 0 Å². The average molecular weight is 436 g/mol. The van der Waals surface area contributed by atoms with Crippen LogP contribution in [0.5, 0.6) is 5.88 Å². The molecule has 0 radical (unpaired) electrons. The Morgan fingerprint density at radius 2 is 1.94 bits per heavy atom. The molecule has 8 nitrogen and oxygen atoms in total. The monoisotopic (exact) mass is 435 g/mol. The molecule has 5 rings (SSSR count). The van der Waals surface area contributed by atoms with Gasteiger partial charge in [0.2, 0.25) is 11.8 Å². The van der Waals surface area contributed by atoms with Crippen molar-refractivity contribution in [1.82, 2.24) is 14.9 Å². The molecule has 2 aromatic heterocycles. The number of rotatable bonds is 5. The lowest BCUT2D eigenvalue weighted by molar-refractivity contribution is -0.169. The topological polar surface area (TPSA) is 80.2 Å². The van der Waals surface area contributed by atoms with Crippen LogP contribution >= 0.6 is 0 Å². The maximum Gasteiger partial charge on any atom is 0.233 e. The van der Waals surface area contributed by atoms with Gasteiger partial charge >= 0.3 is 0 Å². The van der Waals surface area contributed by atoms with E-state index in [9.17, 15) is 4.79 Å². The molecule has 0 aromatic carbocycles. The highest BCUT2D eigenvalue weighted by atomic mass is 16.5. The second-order valence-corrected chi connectivity index (χ2v) is 9.25. The van der Waals surface area contributed by atoms with Gasteiger partial charge in [-0.05, 0) is 32.9 Å². The molecule has 0 aliphatic carbocycles. The number of nitrogens with zero attached hydrogens (tertiary/aromatic N) is 5. The number of carbonyl (C=O) groups excluding carboxylic acids is 1. The molecule has 0 unspecified atom stereocenters. The van der Waals surface area contributed by atoms with Crippen molar-refractivity contribution in [3.63, 3.8) is 0 Å². The van der Waals surface area contributed by atoms with E-state index in [1.165, 1.54) is 0 Å². The fraction of sp³-hybridized carbons (Fsp3) is 0.500. The van der Waals surface area contributed by atoms with Crippen molar-refractivity contribution in [1.29, 1.82) is 0 Å². The highest BCUT2D eigenvalue weighted by Gasteiger charge is 2.44. The maximum atomic E-state index is 12.8. The van der Waals surface area contributed by atoms with E-state index >= 15 is 0 Å². The molecule has 0 saturated carbocycles. The Bertz CT molecular complexity index is 1060. The summed E-state index contributed by atoms with van der Waals surface area (Å²) in [5.74, 6) is 1.74. The van der Waals surface area contributed by atoms with Gasteiger partial charge in [-0.3, -0.25) is 9.79 Å². The number of carbonyl (C=O) groups is 1. The largest absolute Gasteiger partial charge is 0.475 e. The number of anilines is 1. The molecule has 168 valence electrons. The number of hydrogen-bond acceptors (Lipinski definition) is 7. The number of hydrogen-bond donors (Lipinski definition) is 0. The molecule has 0 atom stereocenters. The van der Waals surface area contributed by atoms with E-state index in [0.717, 1.165) is 41.3 Å². The number of ether oxygens (including phenoxy) is 2. The Kier molecular flexibility index (Phi) is 5.33. The van der Waals surface area contributed by atoms with Crippen LogP contribution in [0.15, 0.2) is 35.6 Å². The van der Waals surface area contributed by atoms with E-state index in [4.69, 9.17) is 14.5 Å². The molecular formula is C24H29N5O3. The normalized spacial score (nSPS) is 19.4. The molecule has 2 aromatic rings. The Hall–Kier alpha value is -3.00. The molecule has 8 heteroatoms. The first-order valence-corrected chi connectivity index (χ1v) is 11.2. The van der Waals surface area contributed by atoms with Gasteiger partial charge in [-0.25, -0.2) is 9.97 Å². The quantitative estimate of drug-likeness (QED) is 0.717. The number of piperazine rings is 1. The second kappa shape index (κ2) is 8.16. The van der Waals surface area contributed by atoms with Crippen molar-refractivity contribution in [2.24, 2.45) is 10.4 Å². The van der Waals surface area contributed by atoms with Gasteiger partial charge in [0.1, 0.15) is 5.82 Å². The van der Waals surface area contributed by atoms with Crippen LogP contribution in [0.4, 0.5) is 5.82 Å². The molecule has 32 heavy (non-hydrogen) atoms. The molecular weight excluding hydrogens is 406 g/mol. The molecule has 5 heterocycles. The van der Waals surface area contributed by atoms with Crippen LogP contribution in [-0.4, -0.2) is 72.0 Å². The van der Waals surface area contributed by atoms with Crippen LogP contribution in [0.1, 0.15) is 37.5 Å². The number of pyridine rings is 2. The van der Waals surface area contributed by atoms with Gasteiger partial charge in [0.05, 0.1) is 37.0 Å². The summed E-state index contributed by atoms with van der Waals surface area (Å²) >= 11 is 0. The first-order chi connectivity index (χ1) is 15.4. The first-order valence-electron chi connectivity index (χ1n) is 11.2. The molecule has 2 saturated heterocycles. The Labute approximate surface area is 188 Å². The zero-order chi connectivity index (χ0) is 22.3. The fourth-order valence-corrected chi connectivity index (χ4v) is 4.40. The summed E-state index contributed by atoms with van der Waals surface area (Å²) in [5, 5.41) is 0. The molecule has 2 fully saturated rings. The Balaban J connectivity index is 1.30. The summed E-state index contributed by atoms with van der Waals surface area (Å²) in [6, 6.07) is 6.07. The number of aromatic nitrogens is 2. The summed E-state index contributed by atoms with van der Waals surface area (Å²) < 4.78 is 11.0. The van der Waals surface area contributed by atoms with Crippen LogP contribution in [0.25, 0.3) is 0 Å². The van der Waals surface area contributed by atoms with Gasteiger partial charge in [0.25, 0.3) is 0 Å². The average Bonchev–Trinajstić information content (AvgIpc) is 3.20. The minimum Gasteiger partial charge on any atom is -0.475 e. The Morgan fingerprint density at radius 1 is 1.16 bits per heavy atom. The molecule has 0 N–H and O–H groups in total. The van der Waals surface area contributed by atoms with E-state index in [1.807, 2.05) is 50.2 Å². The predicted molar refractivity (Wildman–Crippen MR) is 121 cm³/mol. The van der Waals surface area contributed by atoms with E-state index in [2.05, 4.69) is 20.9 Å². The van der Waals surface area contributed by atoms with Crippen LogP contribution in [0.2, 0.25) is 0 Å². The lowest BCUT2D eigenvalue weighted by Gasteiger charge is -2.43. The third-order valence-corrected chi connectivity index (χ3v) is 6.25. The fourth-order valence-electron chi connectivity index (χ4n) is 4.40. The van der Waals surface area contributed by atoms with Crippen molar-refractivity contribution in [3.05, 3.63) is 47.3 Å². The van der Waals surface area contributed by atoms with Crippen molar-refractivity contribution in [3.8, 4) is 5.88 Å². The number of fused-ring (bicyclic) bond motifs is 1. The third kappa shape index (κ3) is 3.83. The van der Waals surface area contributed by atoms with Gasteiger partial charge in [0.15, 0.2) is 0 Å². The minimum absolute atomic E-state index is 0.0693. The number of aliphatic imine (C=N–C) groups is 1. The van der Waals surface area contributed by atoms with Gasteiger partial charge < -0.3 is 19.3 Å². The van der Waals surface area contributed by atoms with Gasteiger partial charge in [0, 0.05) is 61.3 Å². The SMILES string of the molecule is CC(C)Oc1cc2c(cn1)CN=C2c1ccnc(N2CCN(C(=O)C3(C)COC3)CC2)c1. The Morgan fingerprint density at radius 3 is 2.62 bits per heavy atom. The third-order valence-electron chi connectivity index (χ3n) is 6.25. The zero-order valence-electron chi connectivity index (χ0n) is 18.9. The molecule has 1 amide bonds. The molecule has 0 spiro atoms. The maximum absolute atomic E-state index is 12.8. The van der Waals surface area contributed by atoms with Gasteiger partial charge in [-0.1, -0.05) is 0 Å². The highest BCUT2D eigenvalue weighted by Crippen LogP contribution is 2.30. The second-order valence-electron chi connectivity index (χ2n) is 9.25. The smallest absolute Gasteiger partial charge is 0.233 e. The summed E-state index contributed by atoms with van der Waals surface area (Å²) in [7, 11) is 0. The van der Waals surface area contributed by atoms with Crippen LogP contribution in [0, 0.1) is 5.41 Å². The lowest BCUT2D eigenvalue weighted by atomic mass is 9.86. The van der Waals surface area contributed by atoms with E-state index in [0.29, 0.717) is 38.7 Å². The standard InChI is InChI=1S/C24H29N5O3/c1-16(2)32-21-11-19-18(12-26-21)13-27-22(19)17-4-5-25-20(10-17)28-6-8-29(9-7-28)23(30)24(3)14-31-15-24/h4-5,10-12,16H,6-9,13-15H2,1-3H3.